The molecule has 0 radical (unpaired) electrons. The van der Waals surface area contributed by atoms with E-state index >= 15 is 0 Å². The van der Waals surface area contributed by atoms with Gasteiger partial charge in [0.1, 0.15) is 11.2 Å². The number of imidazole rings is 1. The van der Waals surface area contributed by atoms with E-state index in [1.165, 1.54) is 18.7 Å². The van der Waals surface area contributed by atoms with Crippen molar-refractivity contribution in [1.82, 2.24) is 14.5 Å². The zero-order chi connectivity index (χ0) is 23.5. The van der Waals surface area contributed by atoms with E-state index in [1.54, 1.807) is 9.47 Å². The summed E-state index contributed by atoms with van der Waals surface area (Å²) in [7, 11) is 0. The molecule has 7 nitrogen and oxygen atoms in total. The summed E-state index contributed by atoms with van der Waals surface area (Å²) in [6.45, 7) is 2.86. The van der Waals surface area contributed by atoms with Crippen LogP contribution in [0, 0.1) is 5.92 Å². The van der Waals surface area contributed by atoms with E-state index in [0.29, 0.717) is 17.9 Å². The largest absolute Gasteiger partial charge is 0.465 e. The Morgan fingerprint density at radius 3 is 2.61 bits per heavy atom. The minimum Gasteiger partial charge on any atom is -0.465 e. The van der Waals surface area contributed by atoms with Crippen LogP contribution in [0.25, 0.3) is 0 Å². The van der Waals surface area contributed by atoms with Crippen LogP contribution in [0.15, 0.2) is 24.3 Å². The van der Waals surface area contributed by atoms with Crippen molar-refractivity contribution in [1.29, 1.82) is 0 Å². The smallest absolute Gasteiger partial charge is 0.407 e. The first-order chi connectivity index (χ1) is 15.6. The lowest BCUT2D eigenvalue weighted by atomic mass is 9.75. The SMILES string of the molecule is CC(C)C(F)(F)Cn1c(CN2C(=O)C3(CN(C(=O)O)C3)c3ccccc32)nc2c1CCCC2. The summed E-state index contributed by atoms with van der Waals surface area (Å²) in [5.74, 6) is -3.44. The number of carboxylic acid groups (broad SMARTS) is 1. The molecular weight excluding hydrogens is 430 g/mol. The van der Waals surface area contributed by atoms with Crippen molar-refractivity contribution in [2.75, 3.05) is 18.0 Å². The van der Waals surface area contributed by atoms with Gasteiger partial charge in [0.05, 0.1) is 18.8 Å². The van der Waals surface area contributed by atoms with Gasteiger partial charge in [-0.25, -0.2) is 18.6 Å². The van der Waals surface area contributed by atoms with E-state index in [4.69, 9.17) is 4.98 Å². The molecule has 2 aromatic rings. The molecule has 3 aliphatic rings. The van der Waals surface area contributed by atoms with Crippen LogP contribution in [-0.4, -0.2) is 50.6 Å². The van der Waals surface area contributed by atoms with E-state index in [2.05, 4.69) is 0 Å². The monoisotopic (exact) mass is 458 g/mol. The molecule has 1 N–H and O–H groups in total. The van der Waals surface area contributed by atoms with Crippen LogP contribution in [-0.2, 0) is 36.1 Å². The number of carbonyl (C=O) groups is 2. The van der Waals surface area contributed by atoms with Crippen LogP contribution in [0.1, 0.15) is 49.5 Å². The Morgan fingerprint density at radius 2 is 1.91 bits per heavy atom. The summed E-state index contributed by atoms with van der Waals surface area (Å²) >= 11 is 0. The number of alkyl halides is 2. The quantitative estimate of drug-likeness (QED) is 0.739. The van der Waals surface area contributed by atoms with Crippen LogP contribution in [0.3, 0.4) is 0 Å². The fourth-order valence-electron chi connectivity index (χ4n) is 5.30. The molecule has 0 unspecified atom stereocenters. The normalized spacial score (nSPS) is 19.1. The van der Waals surface area contributed by atoms with Gasteiger partial charge >= 0.3 is 6.09 Å². The maximum atomic E-state index is 14.8. The standard InChI is InChI=1S/C24H28F2N4O3/c1-15(2)24(25,26)14-30-19-10-6-4-8-17(19)27-20(30)11-29-18-9-5-3-7-16(18)23(21(29)31)12-28(13-23)22(32)33/h3,5,7,9,15H,4,6,8,10-14H2,1-2H3,(H,32,33). The molecule has 0 atom stereocenters. The molecule has 1 fully saturated rings. The topological polar surface area (TPSA) is 78.7 Å². The fourth-order valence-corrected chi connectivity index (χ4v) is 5.30. The van der Waals surface area contributed by atoms with Gasteiger partial charge in [0.15, 0.2) is 0 Å². The van der Waals surface area contributed by atoms with Crippen LogP contribution < -0.4 is 4.90 Å². The first kappa shape index (κ1) is 21.9. The van der Waals surface area contributed by atoms with E-state index in [-0.39, 0.29) is 25.5 Å². The van der Waals surface area contributed by atoms with E-state index in [0.717, 1.165) is 36.2 Å². The number of likely N-dealkylation sites (tertiary alicyclic amines) is 1. The minimum absolute atomic E-state index is 0.0891. The molecule has 2 aliphatic heterocycles. The van der Waals surface area contributed by atoms with Gasteiger partial charge in [-0.3, -0.25) is 4.79 Å². The average Bonchev–Trinajstić information content (AvgIpc) is 3.20. The lowest BCUT2D eigenvalue weighted by Gasteiger charge is -2.45. The van der Waals surface area contributed by atoms with Crippen molar-refractivity contribution in [3.63, 3.8) is 0 Å². The molecule has 1 aliphatic carbocycles. The number of hydrogen-bond donors (Lipinski definition) is 1. The molecule has 1 aromatic carbocycles. The number of fused-ring (bicyclic) bond motifs is 3. The first-order valence-corrected chi connectivity index (χ1v) is 11.5. The second kappa shape index (κ2) is 7.53. The lowest BCUT2D eigenvalue weighted by Crippen LogP contribution is -2.65. The van der Waals surface area contributed by atoms with Gasteiger partial charge in [0, 0.05) is 30.4 Å². The number of para-hydroxylation sites is 1. The predicted molar refractivity (Wildman–Crippen MR) is 118 cm³/mol. The van der Waals surface area contributed by atoms with Gasteiger partial charge in [-0.2, -0.15) is 0 Å². The van der Waals surface area contributed by atoms with Crippen molar-refractivity contribution in [2.45, 2.75) is 64.0 Å². The molecule has 2 amide bonds. The van der Waals surface area contributed by atoms with Gasteiger partial charge in [0.25, 0.3) is 5.92 Å². The third kappa shape index (κ3) is 3.31. The Balaban J connectivity index is 1.51. The van der Waals surface area contributed by atoms with Gasteiger partial charge < -0.3 is 19.5 Å². The van der Waals surface area contributed by atoms with Gasteiger partial charge in [-0.1, -0.05) is 32.0 Å². The van der Waals surface area contributed by atoms with Crippen molar-refractivity contribution >= 4 is 17.7 Å². The van der Waals surface area contributed by atoms with Gasteiger partial charge in [-0.15, -0.1) is 0 Å². The maximum Gasteiger partial charge on any atom is 0.407 e. The van der Waals surface area contributed by atoms with Crippen LogP contribution in [0.5, 0.6) is 0 Å². The summed E-state index contributed by atoms with van der Waals surface area (Å²) in [5.41, 5.74) is 2.30. The molecular formula is C24H28F2N4O3. The fraction of sp³-hybridized carbons (Fsp3) is 0.542. The Kier molecular flexibility index (Phi) is 4.99. The van der Waals surface area contributed by atoms with Gasteiger partial charge in [-0.05, 0) is 37.3 Å². The second-order valence-corrected chi connectivity index (χ2v) is 9.76. The number of amides is 2. The zero-order valence-corrected chi connectivity index (χ0v) is 18.9. The second-order valence-electron chi connectivity index (χ2n) is 9.76. The molecule has 1 saturated heterocycles. The molecule has 1 spiro atoms. The summed E-state index contributed by atoms with van der Waals surface area (Å²) in [4.78, 5) is 32.5. The summed E-state index contributed by atoms with van der Waals surface area (Å²) in [5, 5.41) is 9.31. The first-order valence-electron chi connectivity index (χ1n) is 11.5. The molecule has 33 heavy (non-hydrogen) atoms. The Labute approximate surface area is 191 Å². The van der Waals surface area contributed by atoms with Crippen molar-refractivity contribution < 1.29 is 23.5 Å². The van der Waals surface area contributed by atoms with Crippen molar-refractivity contribution in [3.05, 3.63) is 47.0 Å². The van der Waals surface area contributed by atoms with Crippen LogP contribution in [0.4, 0.5) is 19.3 Å². The highest BCUT2D eigenvalue weighted by Crippen LogP contribution is 2.48. The average molecular weight is 459 g/mol. The number of hydrogen-bond acceptors (Lipinski definition) is 3. The van der Waals surface area contributed by atoms with Crippen LogP contribution >= 0.6 is 0 Å². The third-order valence-electron chi connectivity index (χ3n) is 7.38. The highest BCUT2D eigenvalue weighted by atomic mass is 19.3. The van der Waals surface area contributed by atoms with E-state index < -0.39 is 29.9 Å². The molecule has 9 heteroatoms. The maximum absolute atomic E-state index is 14.8. The van der Waals surface area contributed by atoms with E-state index in [9.17, 15) is 23.5 Å². The summed E-state index contributed by atoms with van der Waals surface area (Å²) in [6.07, 6.45) is 2.32. The Hall–Kier alpha value is -2.97. The Morgan fingerprint density at radius 1 is 1.21 bits per heavy atom. The number of nitrogens with zero attached hydrogens (tertiary/aromatic N) is 4. The highest BCUT2D eigenvalue weighted by molar-refractivity contribution is 6.09. The van der Waals surface area contributed by atoms with E-state index in [1.807, 2.05) is 24.3 Å². The zero-order valence-electron chi connectivity index (χ0n) is 18.9. The highest BCUT2D eigenvalue weighted by Gasteiger charge is 2.59. The predicted octanol–water partition coefficient (Wildman–Crippen LogP) is 3.83. The number of aromatic nitrogens is 2. The molecule has 0 bridgehead atoms. The number of halogens is 2. The van der Waals surface area contributed by atoms with Crippen molar-refractivity contribution in [3.8, 4) is 0 Å². The number of anilines is 1. The number of rotatable bonds is 5. The number of aryl methyl sites for hydroxylation is 1. The lowest BCUT2D eigenvalue weighted by molar-refractivity contribution is -0.128. The third-order valence-corrected chi connectivity index (χ3v) is 7.38. The molecule has 5 rings (SSSR count). The Bertz CT molecular complexity index is 1120. The summed E-state index contributed by atoms with van der Waals surface area (Å²) < 4.78 is 31.2. The minimum atomic E-state index is -2.90. The summed E-state index contributed by atoms with van der Waals surface area (Å²) in [6, 6.07) is 7.36. The number of benzene rings is 1. The molecule has 1 aromatic heterocycles. The molecule has 176 valence electrons. The van der Waals surface area contributed by atoms with Gasteiger partial charge in [0.2, 0.25) is 5.91 Å². The van der Waals surface area contributed by atoms with Crippen molar-refractivity contribution in [2.24, 2.45) is 5.92 Å². The molecule has 3 heterocycles. The molecule has 0 saturated carbocycles. The number of carbonyl (C=O) groups excluding carboxylic acids is 1. The van der Waals surface area contributed by atoms with Crippen LogP contribution in [0.2, 0.25) is 0 Å².